The number of hydrogen-bond donors (Lipinski definition) is 0. The molecule has 0 aliphatic rings. The molecule has 0 aliphatic heterocycles. The van der Waals surface area contributed by atoms with Gasteiger partial charge in [-0.3, -0.25) is 0 Å². The lowest BCUT2D eigenvalue weighted by molar-refractivity contribution is 0.465. The Morgan fingerprint density at radius 3 is 3.00 bits per heavy atom. The second kappa shape index (κ2) is 2.67. The Balaban J connectivity index is 2.65. The number of rotatable bonds is 2. The molecule has 2 nitrogen and oxygen atoms in total. The van der Waals surface area contributed by atoms with Crippen LogP contribution in [0.3, 0.4) is 0 Å². The zero-order valence-corrected chi connectivity index (χ0v) is 5.79. The van der Waals surface area contributed by atoms with Crippen molar-refractivity contribution >= 4 is 0 Å². The van der Waals surface area contributed by atoms with Crippen molar-refractivity contribution in [1.29, 1.82) is 0 Å². The van der Waals surface area contributed by atoms with Crippen LogP contribution in [0.15, 0.2) is 17.0 Å². The summed E-state index contributed by atoms with van der Waals surface area (Å²) < 4.78 is 5.08. The van der Waals surface area contributed by atoms with Gasteiger partial charge >= 0.3 is 0 Å². The van der Waals surface area contributed by atoms with Crippen LogP contribution in [0.2, 0.25) is 0 Å². The summed E-state index contributed by atoms with van der Waals surface area (Å²) in [7, 11) is 0. The summed E-state index contributed by atoms with van der Waals surface area (Å²) in [6.45, 7) is 4.26. The molecule has 1 rings (SSSR count). The van der Waals surface area contributed by atoms with Gasteiger partial charge in [0.25, 0.3) is 0 Å². The highest BCUT2D eigenvalue weighted by Gasteiger charge is 2.04. The molecule has 2 heteroatoms. The van der Waals surface area contributed by atoms with E-state index in [2.05, 4.69) is 18.8 Å². The van der Waals surface area contributed by atoms with Crippen molar-refractivity contribution in [3.8, 4) is 0 Å². The first kappa shape index (κ1) is 6.33. The zero-order valence-electron chi connectivity index (χ0n) is 5.79. The normalized spacial score (nSPS) is 13.6. The lowest BCUT2D eigenvalue weighted by atomic mass is 10.1. The Bertz CT molecular complexity index is 157. The molecule has 1 heterocycles. The minimum absolute atomic E-state index is 0.507. The fourth-order valence-electron chi connectivity index (χ4n) is 0.670. The van der Waals surface area contributed by atoms with Crippen LogP contribution in [-0.4, -0.2) is 4.98 Å². The lowest BCUT2D eigenvalue weighted by Crippen LogP contribution is -1.86. The highest BCUT2D eigenvalue weighted by molar-refractivity contribution is 4.95. The first-order chi connectivity index (χ1) is 4.34. The van der Waals surface area contributed by atoms with Crippen LogP contribution in [0.5, 0.6) is 0 Å². The summed E-state index contributed by atoms with van der Waals surface area (Å²) in [6.07, 6.45) is 4.35. The van der Waals surface area contributed by atoms with Gasteiger partial charge < -0.3 is 4.42 Å². The van der Waals surface area contributed by atoms with Crippen LogP contribution in [0.4, 0.5) is 0 Å². The average Bonchev–Trinajstić information content (AvgIpc) is 2.37. The Hall–Kier alpha value is -0.790. The lowest BCUT2D eigenvalue weighted by Gasteiger charge is -2.00. The van der Waals surface area contributed by atoms with Crippen LogP contribution in [0.25, 0.3) is 0 Å². The quantitative estimate of drug-likeness (QED) is 0.605. The number of hydrogen-bond acceptors (Lipinski definition) is 2. The maximum Gasteiger partial charge on any atom is 0.180 e. The minimum Gasteiger partial charge on any atom is -0.448 e. The molecule has 9 heavy (non-hydrogen) atoms. The monoisotopic (exact) mass is 125 g/mol. The van der Waals surface area contributed by atoms with Crippen molar-refractivity contribution in [2.45, 2.75) is 26.2 Å². The number of aromatic nitrogens is 1. The van der Waals surface area contributed by atoms with E-state index in [1.807, 2.05) is 0 Å². The predicted octanol–water partition coefficient (Wildman–Crippen LogP) is 2.19. The van der Waals surface area contributed by atoms with Crippen molar-refractivity contribution < 1.29 is 4.42 Å². The molecule has 0 aromatic carbocycles. The third-order valence-electron chi connectivity index (χ3n) is 1.55. The largest absolute Gasteiger partial charge is 0.448 e. The van der Waals surface area contributed by atoms with Crippen molar-refractivity contribution in [1.82, 2.24) is 4.98 Å². The van der Waals surface area contributed by atoms with Crippen LogP contribution < -0.4 is 0 Å². The Labute approximate surface area is 54.9 Å². The van der Waals surface area contributed by atoms with E-state index in [0.29, 0.717) is 5.92 Å². The highest BCUT2D eigenvalue weighted by atomic mass is 16.3. The van der Waals surface area contributed by atoms with E-state index in [1.165, 1.54) is 6.39 Å². The second-order valence-electron chi connectivity index (χ2n) is 2.21. The van der Waals surface area contributed by atoms with Crippen molar-refractivity contribution in [2.24, 2.45) is 0 Å². The van der Waals surface area contributed by atoms with E-state index in [-0.39, 0.29) is 0 Å². The standard InChI is InChI=1S/C7H11NO/c1-3-6(2)7-4-8-5-9-7/h4-6H,3H2,1-2H3. The van der Waals surface area contributed by atoms with E-state index in [9.17, 15) is 0 Å². The van der Waals surface area contributed by atoms with Gasteiger partial charge in [0.2, 0.25) is 0 Å². The van der Waals surface area contributed by atoms with Crippen LogP contribution in [0, 0.1) is 0 Å². The maximum atomic E-state index is 5.08. The summed E-state index contributed by atoms with van der Waals surface area (Å²) in [4.78, 5) is 3.82. The minimum atomic E-state index is 0.507. The zero-order chi connectivity index (χ0) is 6.69. The fourth-order valence-corrected chi connectivity index (χ4v) is 0.670. The molecule has 0 saturated heterocycles. The molecule has 0 saturated carbocycles. The molecule has 1 aromatic rings. The summed E-state index contributed by atoms with van der Waals surface area (Å²) in [5.41, 5.74) is 0. The SMILES string of the molecule is CCC(C)c1cnco1. The molecule has 50 valence electrons. The van der Waals surface area contributed by atoms with Gasteiger partial charge in [-0.15, -0.1) is 0 Å². The van der Waals surface area contributed by atoms with E-state index in [0.717, 1.165) is 12.2 Å². The third-order valence-corrected chi connectivity index (χ3v) is 1.55. The molecular formula is C7H11NO. The van der Waals surface area contributed by atoms with E-state index >= 15 is 0 Å². The van der Waals surface area contributed by atoms with Gasteiger partial charge in [0, 0.05) is 5.92 Å². The summed E-state index contributed by atoms with van der Waals surface area (Å²) in [5, 5.41) is 0. The Kier molecular flexibility index (Phi) is 1.88. The summed E-state index contributed by atoms with van der Waals surface area (Å²) in [5.74, 6) is 1.49. The smallest absolute Gasteiger partial charge is 0.180 e. The summed E-state index contributed by atoms with van der Waals surface area (Å²) >= 11 is 0. The Morgan fingerprint density at radius 1 is 1.78 bits per heavy atom. The first-order valence-corrected chi connectivity index (χ1v) is 3.23. The molecule has 0 fully saturated rings. The van der Waals surface area contributed by atoms with Crippen LogP contribution in [0.1, 0.15) is 31.9 Å². The first-order valence-electron chi connectivity index (χ1n) is 3.23. The average molecular weight is 125 g/mol. The molecule has 0 bridgehead atoms. The van der Waals surface area contributed by atoms with E-state index in [1.54, 1.807) is 6.20 Å². The molecule has 1 unspecified atom stereocenters. The number of nitrogens with zero attached hydrogens (tertiary/aromatic N) is 1. The molecule has 0 spiro atoms. The van der Waals surface area contributed by atoms with Crippen molar-refractivity contribution in [2.75, 3.05) is 0 Å². The Morgan fingerprint density at radius 2 is 2.56 bits per heavy atom. The molecule has 0 amide bonds. The molecule has 1 aromatic heterocycles. The van der Waals surface area contributed by atoms with Crippen molar-refractivity contribution in [3.05, 3.63) is 18.4 Å². The maximum absolute atomic E-state index is 5.08. The molecule has 0 radical (unpaired) electrons. The predicted molar refractivity (Wildman–Crippen MR) is 35.2 cm³/mol. The topological polar surface area (TPSA) is 26.0 Å². The van der Waals surface area contributed by atoms with Gasteiger partial charge in [0.1, 0.15) is 5.76 Å². The summed E-state index contributed by atoms with van der Waals surface area (Å²) in [6, 6.07) is 0. The van der Waals surface area contributed by atoms with Gasteiger partial charge in [-0.1, -0.05) is 13.8 Å². The molecule has 0 N–H and O–H groups in total. The van der Waals surface area contributed by atoms with Gasteiger partial charge in [-0.2, -0.15) is 0 Å². The molecule has 0 aliphatic carbocycles. The van der Waals surface area contributed by atoms with Gasteiger partial charge in [-0.25, -0.2) is 4.98 Å². The second-order valence-corrected chi connectivity index (χ2v) is 2.21. The van der Waals surface area contributed by atoms with E-state index in [4.69, 9.17) is 4.42 Å². The molecule has 1 atom stereocenters. The van der Waals surface area contributed by atoms with Gasteiger partial charge in [0.05, 0.1) is 6.20 Å². The number of oxazole rings is 1. The third kappa shape index (κ3) is 1.31. The van der Waals surface area contributed by atoms with Gasteiger partial charge in [-0.05, 0) is 6.42 Å². The molecular weight excluding hydrogens is 114 g/mol. The fraction of sp³-hybridized carbons (Fsp3) is 0.571. The van der Waals surface area contributed by atoms with E-state index < -0.39 is 0 Å². The van der Waals surface area contributed by atoms with Crippen molar-refractivity contribution in [3.63, 3.8) is 0 Å². The van der Waals surface area contributed by atoms with Crippen LogP contribution >= 0.6 is 0 Å². The van der Waals surface area contributed by atoms with Crippen LogP contribution in [-0.2, 0) is 0 Å². The highest BCUT2D eigenvalue weighted by Crippen LogP contribution is 2.16. The van der Waals surface area contributed by atoms with Gasteiger partial charge in [0.15, 0.2) is 6.39 Å².